The minimum atomic E-state index is 0. The van der Waals surface area contributed by atoms with Crippen molar-refractivity contribution in [3.63, 3.8) is 0 Å². The van der Waals surface area contributed by atoms with E-state index in [-0.39, 0.29) is 24.0 Å². The van der Waals surface area contributed by atoms with E-state index in [1.165, 1.54) is 11.1 Å². The van der Waals surface area contributed by atoms with Gasteiger partial charge in [-0.15, -0.1) is 24.0 Å². The molecule has 4 N–H and O–H groups in total. The second kappa shape index (κ2) is 8.06. The molecule has 1 aromatic rings. The molecule has 0 fully saturated rings. The summed E-state index contributed by atoms with van der Waals surface area (Å²) in [7, 11) is 0. The summed E-state index contributed by atoms with van der Waals surface area (Å²) in [4.78, 5) is 8.61. The maximum absolute atomic E-state index is 4.31. The van der Waals surface area contributed by atoms with Gasteiger partial charge in [-0.05, 0) is 11.1 Å². The zero-order valence-corrected chi connectivity index (χ0v) is 14.2. The van der Waals surface area contributed by atoms with Crippen molar-refractivity contribution in [1.29, 1.82) is 0 Å². The summed E-state index contributed by atoms with van der Waals surface area (Å²) >= 11 is 0. The highest BCUT2D eigenvalue weighted by molar-refractivity contribution is 14.0. The molecule has 2 aliphatic rings. The number of aliphatic imine (C=N–C) groups is 2. The van der Waals surface area contributed by atoms with Gasteiger partial charge in [0.15, 0.2) is 11.9 Å². The molecule has 3 rings (SSSR count). The Morgan fingerprint density at radius 2 is 1.24 bits per heavy atom. The Morgan fingerprint density at radius 3 is 1.57 bits per heavy atom. The highest BCUT2D eigenvalue weighted by Gasteiger charge is 2.05. The fourth-order valence-corrected chi connectivity index (χ4v) is 2.18. The van der Waals surface area contributed by atoms with E-state index in [0.29, 0.717) is 0 Å². The third-order valence-corrected chi connectivity index (χ3v) is 3.29. The first-order valence-corrected chi connectivity index (χ1v) is 7.02. The molecular formula is C14H21IN6. The zero-order valence-electron chi connectivity index (χ0n) is 11.9. The maximum Gasteiger partial charge on any atom is 0.191 e. The average Bonchev–Trinajstić information content (AvgIpc) is 3.17. The van der Waals surface area contributed by atoms with Gasteiger partial charge >= 0.3 is 0 Å². The van der Waals surface area contributed by atoms with Gasteiger partial charge in [0.2, 0.25) is 0 Å². The van der Waals surface area contributed by atoms with Gasteiger partial charge in [0.25, 0.3) is 0 Å². The van der Waals surface area contributed by atoms with Crippen LogP contribution in [0.25, 0.3) is 0 Å². The minimum Gasteiger partial charge on any atom is -0.355 e. The van der Waals surface area contributed by atoms with Crippen molar-refractivity contribution in [2.24, 2.45) is 9.98 Å². The molecule has 6 nitrogen and oxygen atoms in total. The molecule has 0 aromatic heterocycles. The number of hydrogen-bond acceptors (Lipinski definition) is 6. The van der Waals surface area contributed by atoms with Gasteiger partial charge < -0.3 is 21.3 Å². The monoisotopic (exact) mass is 400 g/mol. The molecule has 0 bridgehead atoms. The van der Waals surface area contributed by atoms with E-state index in [9.17, 15) is 0 Å². The zero-order chi connectivity index (χ0) is 13.6. The number of guanidine groups is 2. The number of nitrogens with one attached hydrogen (secondary N) is 4. The van der Waals surface area contributed by atoms with Crippen molar-refractivity contribution in [2.75, 3.05) is 26.2 Å². The maximum atomic E-state index is 4.31. The molecule has 0 radical (unpaired) electrons. The van der Waals surface area contributed by atoms with Crippen LogP contribution in [-0.4, -0.2) is 38.1 Å². The topological polar surface area (TPSA) is 72.8 Å². The average molecular weight is 400 g/mol. The van der Waals surface area contributed by atoms with Crippen molar-refractivity contribution in [1.82, 2.24) is 21.3 Å². The van der Waals surface area contributed by atoms with Gasteiger partial charge in [-0.3, -0.25) is 9.98 Å². The number of halogens is 1. The molecule has 0 atom stereocenters. The molecule has 0 saturated heterocycles. The van der Waals surface area contributed by atoms with E-state index in [1.807, 2.05) is 0 Å². The number of benzene rings is 1. The van der Waals surface area contributed by atoms with Crippen LogP contribution >= 0.6 is 24.0 Å². The Labute approximate surface area is 141 Å². The first-order chi connectivity index (χ1) is 9.90. The molecule has 0 amide bonds. The van der Waals surface area contributed by atoms with Crippen LogP contribution in [0.4, 0.5) is 0 Å². The van der Waals surface area contributed by atoms with E-state index in [0.717, 1.165) is 51.2 Å². The molecular weight excluding hydrogens is 379 g/mol. The van der Waals surface area contributed by atoms with Crippen LogP contribution in [0.3, 0.4) is 0 Å². The first kappa shape index (κ1) is 15.9. The second-order valence-corrected chi connectivity index (χ2v) is 4.84. The smallest absolute Gasteiger partial charge is 0.191 e. The van der Waals surface area contributed by atoms with Crippen LogP contribution in [-0.2, 0) is 13.1 Å². The predicted molar refractivity (Wildman–Crippen MR) is 96.1 cm³/mol. The number of hydrogen-bond donors (Lipinski definition) is 4. The lowest BCUT2D eigenvalue weighted by molar-refractivity contribution is 0.855. The number of nitrogens with zero attached hydrogens (tertiary/aromatic N) is 2. The van der Waals surface area contributed by atoms with Crippen molar-refractivity contribution >= 4 is 35.9 Å². The highest BCUT2D eigenvalue weighted by atomic mass is 127. The lowest BCUT2D eigenvalue weighted by Gasteiger charge is -2.09. The van der Waals surface area contributed by atoms with E-state index >= 15 is 0 Å². The molecule has 1 aromatic carbocycles. The van der Waals surface area contributed by atoms with E-state index in [2.05, 4.69) is 55.5 Å². The fourth-order valence-electron chi connectivity index (χ4n) is 2.18. The van der Waals surface area contributed by atoms with Crippen LogP contribution in [0.1, 0.15) is 11.1 Å². The lowest BCUT2D eigenvalue weighted by atomic mass is 10.1. The van der Waals surface area contributed by atoms with Crippen LogP contribution in [0.5, 0.6) is 0 Å². The van der Waals surface area contributed by atoms with Crippen molar-refractivity contribution in [2.45, 2.75) is 13.1 Å². The highest BCUT2D eigenvalue weighted by Crippen LogP contribution is 2.04. The van der Waals surface area contributed by atoms with Gasteiger partial charge in [0.05, 0.1) is 13.1 Å². The van der Waals surface area contributed by atoms with E-state index < -0.39 is 0 Å². The Hall–Kier alpha value is -1.51. The molecule has 2 aliphatic heterocycles. The molecule has 2 heterocycles. The summed E-state index contributed by atoms with van der Waals surface area (Å²) in [5.41, 5.74) is 2.50. The third kappa shape index (κ3) is 4.76. The van der Waals surface area contributed by atoms with Crippen LogP contribution in [0.2, 0.25) is 0 Å². The Balaban J connectivity index is 0.00000161. The van der Waals surface area contributed by atoms with Gasteiger partial charge in [-0.2, -0.15) is 0 Å². The SMILES string of the molecule is I.c1cc(CNC2=NCCN2)ccc1CNC1=NCCN1. The van der Waals surface area contributed by atoms with Gasteiger partial charge in [-0.1, -0.05) is 24.3 Å². The molecule has 0 saturated carbocycles. The normalized spacial score (nSPS) is 16.2. The predicted octanol–water partition coefficient (Wildman–Crippen LogP) is 0.402. The Morgan fingerprint density at radius 1 is 0.810 bits per heavy atom. The summed E-state index contributed by atoms with van der Waals surface area (Å²) in [6.07, 6.45) is 0. The molecule has 0 aliphatic carbocycles. The Kier molecular flexibility index (Phi) is 6.09. The van der Waals surface area contributed by atoms with Gasteiger partial charge in [0, 0.05) is 26.2 Å². The largest absolute Gasteiger partial charge is 0.355 e. The third-order valence-electron chi connectivity index (χ3n) is 3.29. The van der Waals surface area contributed by atoms with Crippen LogP contribution in [0.15, 0.2) is 34.3 Å². The van der Waals surface area contributed by atoms with E-state index in [4.69, 9.17) is 0 Å². The molecule has 7 heteroatoms. The molecule has 114 valence electrons. The van der Waals surface area contributed by atoms with E-state index in [1.54, 1.807) is 0 Å². The molecule has 0 unspecified atom stereocenters. The fraction of sp³-hybridized carbons (Fsp3) is 0.429. The second-order valence-electron chi connectivity index (χ2n) is 4.84. The summed E-state index contributed by atoms with van der Waals surface area (Å²) in [6, 6.07) is 8.57. The minimum absolute atomic E-state index is 0. The van der Waals surface area contributed by atoms with Crippen molar-refractivity contribution < 1.29 is 0 Å². The van der Waals surface area contributed by atoms with Crippen molar-refractivity contribution in [3.05, 3.63) is 35.4 Å². The summed E-state index contributed by atoms with van der Waals surface area (Å²) in [5.74, 6) is 1.81. The van der Waals surface area contributed by atoms with Crippen LogP contribution in [0, 0.1) is 0 Å². The summed E-state index contributed by atoms with van der Waals surface area (Å²) in [6.45, 7) is 5.20. The number of rotatable bonds is 4. The van der Waals surface area contributed by atoms with Crippen LogP contribution < -0.4 is 21.3 Å². The molecule has 0 spiro atoms. The molecule has 21 heavy (non-hydrogen) atoms. The van der Waals surface area contributed by atoms with Crippen molar-refractivity contribution in [3.8, 4) is 0 Å². The quantitative estimate of drug-likeness (QED) is 0.553. The van der Waals surface area contributed by atoms with Gasteiger partial charge in [0.1, 0.15) is 0 Å². The first-order valence-electron chi connectivity index (χ1n) is 7.02. The van der Waals surface area contributed by atoms with Gasteiger partial charge in [-0.25, -0.2) is 0 Å². The standard InChI is InChI=1S/C14H20N6.HI/c1-2-12(10-20-14-17-7-8-18-14)4-3-11(1)9-19-13-15-5-6-16-13;/h1-4H,5-10H2,(H2,15,16,19)(H2,17,18,20);1H. The Bertz CT molecular complexity index is 464. The summed E-state index contributed by atoms with van der Waals surface area (Å²) < 4.78 is 0. The summed E-state index contributed by atoms with van der Waals surface area (Å²) in [5, 5.41) is 13.0. The lowest BCUT2D eigenvalue weighted by Crippen LogP contribution is -2.33.